The lowest BCUT2D eigenvalue weighted by Gasteiger charge is -2.26. The molecule has 6 atom stereocenters. The van der Waals surface area contributed by atoms with Crippen LogP contribution in [-0.2, 0) is 23.4 Å². The summed E-state index contributed by atoms with van der Waals surface area (Å²) >= 11 is 0. The second-order valence-corrected chi connectivity index (χ2v) is 12.4. The fraction of sp³-hybridized carbons (Fsp3) is 0.481. The Labute approximate surface area is 247 Å². The van der Waals surface area contributed by atoms with E-state index in [1.165, 1.54) is 17.8 Å². The van der Waals surface area contributed by atoms with Gasteiger partial charge in [0.25, 0.3) is 0 Å². The topological polar surface area (TPSA) is 185 Å². The van der Waals surface area contributed by atoms with Crippen molar-refractivity contribution in [3.05, 3.63) is 49.3 Å². The summed E-state index contributed by atoms with van der Waals surface area (Å²) in [6.07, 6.45) is -0.912. The minimum Gasteiger partial charge on any atom is -0.462 e. The van der Waals surface area contributed by atoms with Crippen LogP contribution in [0.3, 0.4) is 0 Å². The molecule has 2 aromatic heterocycles. The normalized spacial score (nSPS) is 25.8. The fourth-order valence-electron chi connectivity index (χ4n) is 4.54. The van der Waals surface area contributed by atoms with E-state index < -0.39 is 56.6 Å². The summed E-state index contributed by atoms with van der Waals surface area (Å²) in [4.78, 5) is 25.2. The Morgan fingerprint density at radius 3 is 2.70 bits per heavy atom. The number of halogens is 1. The molecule has 2 fully saturated rings. The third-order valence-corrected chi connectivity index (χ3v) is 8.49. The second kappa shape index (κ2) is 12.2. The second-order valence-electron chi connectivity index (χ2n) is 10.7. The van der Waals surface area contributed by atoms with Gasteiger partial charge in [-0.25, -0.2) is 13.9 Å². The zero-order chi connectivity index (χ0) is 30.9. The van der Waals surface area contributed by atoms with Gasteiger partial charge in [0.1, 0.15) is 24.0 Å². The van der Waals surface area contributed by atoms with E-state index in [0.29, 0.717) is 11.3 Å². The van der Waals surface area contributed by atoms with E-state index in [4.69, 9.17) is 24.3 Å². The Balaban J connectivity index is 1.38. The molecule has 1 aromatic carbocycles. The van der Waals surface area contributed by atoms with E-state index in [0.717, 1.165) is 18.9 Å². The molecule has 0 radical (unpaired) electrons. The van der Waals surface area contributed by atoms with Crippen molar-refractivity contribution in [3.63, 3.8) is 0 Å². The van der Waals surface area contributed by atoms with E-state index in [9.17, 15) is 14.5 Å². The van der Waals surface area contributed by atoms with E-state index in [-0.39, 0.29) is 23.4 Å². The number of aromatic nitrogens is 4. The van der Waals surface area contributed by atoms with Gasteiger partial charge in [0.2, 0.25) is 11.6 Å². The molecule has 14 nitrogen and oxygen atoms in total. The molecule has 0 spiro atoms. The lowest BCUT2D eigenvalue weighted by molar-refractivity contribution is -0.149. The van der Waals surface area contributed by atoms with Gasteiger partial charge in [0, 0.05) is 6.04 Å². The van der Waals surface area contributed by atoms with Crippen molar-refractivity contribution in [1.82, 2.24) is 24.6 Å². The highest BCUT2D eigenvalue weighted by Gasteiger charge is 2.57. The lowest BCUT2D eigenvalue weighted by atomic mass is 9.96. The maximum atomic E-state index is 16.4. The first kappa shape index (κ1) is 30.8. The zero-order valence-electron chi connectivity index (χ0n) is 23.9. The number of rotatable bonds is 13. The summed E-state index contributed by atoms with van der Waals surface area (Å²) in [7, 11) is -4.32. The molecule has 1 aliphatic heterocycles. The average Bonchev–Trinajstić information content (AvgIpc) is 3.62. The number of hydrogen-bond donors (Lipinski definition) is 4. The van der Waals surface area contributed by atoms with Gasteiger partial charge in [-0.2, -0.15) is 15.1 Å². The summed E-state index contributed by atoms with van der Waals surface area (Å²) in [5.74, 6) is -0.169. The summed E-state index contributed by atoms with van der Waals surface area (Å²) in [6.45, 7) is 7.75. The summed E-state index contributed by atoms with van der Waals surface area (Å²) in [5.41, 5.74) is 3.91. The molecular formula is C27H35FN7O7P. The van der Waals surface area contributed by atoms with Crippen molar-refractivity contribution >= 4 is 36.6 Å². The first-order valence-corrected chi connectivity index (χ1v) is 15.4. The van der Waals surface area contributed by atoms with Gasteiger partial charge in [0.15, 0.2) is 23.2 Å². The van der Waals surface area contributed by atoms with E-state index >= 15 is 4.39 Å². The minimum absolute atomic E-state index is 0.0610. The van der Waals surface area contributed by atoms with Gasteiger partial charge in [-0.3, -0.25) is 13.9 Å². The molecule has 1 saturated carbocycles. The van der Waals surface area contributed by atoms with E-state index in [2.05, 4.69) is 31.9 Å². The van der Waals surface area contributed by atoms with Gasteiger partial charge in [-0.15, -0.1) is 0 Å². The number of nitrogen functional groups attached to an aromatic ring is 1. The van der Waals surface area contributed by atoms with Crippen LogP contribution in [0.1, 0.15) is 39.8 Å². The summed E-state index contributed by atoms with van der Waals surface area (Å²) in [6, 6.07) is 7.26. The molecule has 43 heavy (non-hydrogen) atoms. The molecule has 0 bridgehead atoms. The molecule has 16 heteroatoms. The van der Waals surface area contributed by atoms with Crippen molar-refractivity contribution in [3.8, 4) is 5.75 Å². The van der Waals surface area contributed by atoms with Gasteiger partial charge in [0.05, 0.1) is 19.0 Å². The summed E-state index contributed by atoms with van der Waals surface area (Å²) < 4.78 is 54.0. The number of fused-ring (bicyclic) bond motifs is 1. The molecule has 3 heterocycles. The minimum atomic E-state index is -4.32. The van der Waals surface area contributed by atoms with E-state index in [1.54, 1.807) is 44.2 Å². The Bertz CT molecular complexity index is 1520. The number of nitrogens with zero attached hydrogens (tertiary/aromatic N) is 4. The van der Waals surface area contributed by atoms with Crippen LogP contribution in [0.25, 0.3) is 11.2 Å². The van der Waals surface area contributed by atoms with Crippen LogP contribution < -0.4 is 20.7 Å². The predicted octanol–water partition coefficient (Wildman–Crippen LogP) is 3.27. The van der Waals surface area contributed by atoms with Crippen molar-refractivity contribution in [2.45, 2.75) is 75.9 Å². The first-order valence-electron chi connectivity index (χ1n) is 13.8. The monoisotopic (exact) mass is 619 g/mol. The molecule has 1 aliphatic carbocycles. The number of carbonyl (C=O) groups excluding carboxylic acids is 1. The van der Waals surface area contributed by atoms with E-state index in [1.807, 2.05) is 0 Å². The van der Waals surface area contributed by atoms with Crippen LogP contribution in [0.15, 0.2) is 49.3 Å². The number of imidazole rings is 1. The van der Waals surface area contributed by atoms with Crippen LogP contribution in [-0.4, -0.2) is 73.3 Å². The molecule has 3 aromatic rings. The maximum Gasteiger partial charge on any atom is 0.459 e. The van der Waals surface area contributed by atoms with Crippen LogP contribution in [0.2, 0.25) is 0 Å². The number of anilines is 2. The highest BCUT2D eigenvalue weighted by molar-refractivity contribution is 7.52. The molecule has 0 amide bonds. The SMILES string of the molecule is C=C[C@@]1(F)[C@H](O)[C@@H](CO[P@](=O)(N[C@H](C)C(=O)OC(C)C)Oc2ccccc2)O[C@H]1n1cnc2c(NC3CC3)nc(N)nc21. The number of para-hydroxylation sites is 1. The molecule has 5 N–H and O–H groups in total. The van der Waals surface area contributed by atoms with Crippen molar-refractivity contribution < 1.29 is 37.4 Å². The number of aliphatic hydroxyl groups excluding tert-OH is 1. The number of nitrogens with two attached hydrogens (primary N) is 1. The third kappa shape index (κ3) is 6.65. The number of aliphatic hydroxyl groups is 1. The highest BCUT2D eigenvalue weighted by Crippen LogP contribution is 2.48. The number of nitrogens with one attached hydrogen (secondary N) is 2. The molecule has 5 rings (SSSR count). The Morgan fingerprint density at radius 2 is 2.05 bits per heavy atom. The Morgan fingerprint density at radius 1 is 1.33 bits per heavy atom. The highest BCUT2D eigenvalue weighted by atomic mass is 31.2. The van der Waals surface area contributed by atoms with Gasteiger partial charge < -0.3 is 30.2 Å². The number of esters is 1. The van der Waals surface area contributed by atoms with Gasteiger partial charge in [-0.05, 0) is 51.8 Å². The van der Waals surface area contributed by atoms with Crippen LogP contribution in [0.4, 0.5) is 16.2 Å². The number of hydrogen-bond acceptors (Lipinski definition) is 12. The fourth-order valence-corrected chi connectivity index (χ4v) is 6.04. The number of carbonyl (C=O) groups is 1. The zero-order valence-corrected chi connectivity index (χ0v) is 24.8. The Kier molecular flexibility index (Phi) is 8.72. The number of benzene rings is 1. The van der Waals surface area contributed by atoms with Gasteiger partial charge in [-0.1, -0.05) is 24.8 Å². The van der Waals surface area contributed by atoms with Crippen LogP contribution in [0, 0.1) is 0 Å². The van der Waals surface area contributed by atoms with Crippen LogP contribution in [0.5, 0.6) is 5.75 Å². The lowest BCUT2D eigenvalue weighted by Crippen LogP contribution is -2.42. The average molecular weight is 620 g/mol. The maximum absolute atomic E-state index is 16.4. The third-order valence-electron chi connectivity index (χ3n) is 6.84. The molecule has 2 aliphatic rings. The molecule has 232 valence electrons. The Hall–Kier alpha value is -3.62. The van der Waals surface area contributed by atoms with Crippen molar-refractivity contribution in [1.29, 1.82) is 0 Å². The standard InChI is InChI=1S/C27H35FN7O7P/c1-5-27(28)21(36)19(41-25(27)35-14-30-20-22(31-17-11-12-17)32-26(29)33-23(20)35)13-39-43(38,42-18-9-7-6-8-10-18)34-16(4)24(37)40-15(2)3/h5-10,14-17,19,21,25,36H,1,11-13H2,2-4H3,(H,34,38)(H3,29,31,32,33)/t16-,19-,21-,25-,27-,43-/m1/s1. The largest absolute Gasteiger partial charge is 0.462 e. The van der Waals surface area contributed by atoms with Gasteiger partial charge >= 0.3 is 13.7 Å². The molecule has 1 saturated heterocycles. The quantitative estimate of drug-likeness (QED) is 0.124. The number of alkyl halides is 1. The van der Waals surface area contributed by atoms with Crippen molar-refractivity contribution in [2.75, 3.05) is 17.7 Å². The molecular weight excluding hydrogens is 584 g/mol. The summed E-state index contributed by atoms with van der Waals surface area (Å²) in [5, 5.41) is 16.8. The van der Waals surface area contributed by atoms with Crippen LogP contribution >= 0.6 is 7.75 Å². The number of ether oxygens (including phenoxy) is 2. The van der Waals surface area contributed by atoms with Crippen molar-refractivity contribution in [2.24, 2.45) is 0 Å². The smallest absolute Gasteiger partial charge is 0.459 e. The molecule has 0 unspecified atom stereocenters. The predicted molar refractivity (Wildman–Crippen MR) is 155 cm³/mol. The first-order chi connectivity index (χ1) is 20.4.